The number of nitrogens with one attached hydrogen (secondary N) is 1. The molecule has 0 aliphatic heterocycles. The molecule has 0 spiro atoms. The van der Waals surface area contributed by atoms with Crippen LogP contribution in [0.25, 0.3) is 10.6 Å². The number of thiophene rings is 1. The van der Waals surface area contributed by atoms with E-state index in [9.17, 15) is 4.79 Å². The molecule has 3 N–H and O–H groups in total. The number of halogens is 2. The van der Waals surface area contributed by atoms with Gasteiger partial charge in [-0.05, 0) is 35.0 Å². The summed E-state index contributed by atoms with van der Waals surface area (Å²) in [6.45, 7) is 0.528. The minimum absolute atomic E-state index is 0. The Kier molecular flexibility index (Phi) is 6.95. The minimum Gasteiger partial charge on any atom is -0.330 e. The second-order valence-corrected chi connectivity index (χ2v) is 6.29. The molecule has 4 nitrogen and oxygen atoms in total. The zero-order valence-corrected chi connectivity index (χ0v) is 13.9. The van der Waals surface area contributed by atoms with Gasteiger partial charge in [-0.15, -0.1) is 35.1 Å². The maximum atomic E-state index is 11.5. The van der Waals surface area contributed by atoms with Crippen molar-refractivity contribution in [2.75, 3.05) is 11.9 Å². The molecule has 0 atom stereocenters. The fourth-order valence-corrected chi connectivity index (χ4v) is 3.53. The predicted octanol–water partition coefficient (Wildman–Crippen LogP) is 3.73. The lowest BCUT2D eigenvalue weighted by atomic mass is 10.3. The number of carbonyl (C=O) groups is 1. The van der Waals surface area contributed by atoms with Gasteiger partial charge in [-0.2, -0.15) is 0 Å². The van der Waals surface area contributed by atoms with Gasteiger partial charge < -0.3 is 11.1 Å². The van der Waals surface area contributed by atoms with Crippen LogP contribution in [-0.4, -0.2) is 17.4 Å². The Balaban J connectivity index is 0.00000180. The van der Waals surface area contributed by atoms with Crippen molar-refractivity contribution < 1.29 is 4.79 Å². The zero-order valence-electron chi connectivity index (χ0n) is 9.89. The maximum Gasteiger partial charge on any atom is 0.226 e. The van der Waals surface area contributed by atoms with Crippen LogP contribution in [0.5, 0.6) is 0 Å². The van der Waals surface area contributed by atoms with Gasteiger partial charge in [-0.25, -0.2) is 4.98 Å². The van der Waals surface area contributed by atoms with E-state index in [0.29, 0.717) is 24.5 Å². The molecule has 0 aliphatic carbocycles. The molecule has 0 fully saturated rings. The number of hydrogen-bond donors (Lipinski definition) is 2. The van der Waals surface area contributed by atoms with Crippen LogP contribution in [0.3, 0.4) is 0 Å². The number of amides is 1. The van der Waals surface area contributed by atoms with Crippen molar-refractivity contribution in [3.05, 3.63) is 21.3 Å². The monoisotopic (exact) mass is 381 g/mol. The molecule has 0 unspecified atom stereocenters. The Morgan fingerprint density at radius 3 is 2.84 bits per heavy atom. The standard InChI is InChI=1S/C11H12BrN3OS2.ClH/c12-7-4-9(17-5-7)8-6-18-11(14-8)15-10(16)2-1-3-13;/h4-6H,1-3,13H2,(H,14,15,16);1H. The average molecular weight is 383 g/mol. The van der Waals surface area contributed by atoms with Crippen LogP contribution < -0.4 is 11.1 Å². The summed E-state index contributed by atoms with van der Waals surface area (Å²) in [5.41, 5.74) is 6.25. The predicted molar refractivity (Wildman–Crippen MR) is 87.3 cm³/mol. The molecule has 2 aromatic rings. The largest absolute Gasteiger partial charge is 0.330 e. The van der Waals surface area contributed by atoms with E-state index in [1.54, 1.807) is 11.3 Å². The van der Waals surface area contributed by atoms with Crippen LogP contribution in [0.1, 0.15) is 12.8 Å². The number of anilines is 1. The van der Waals surface area contributed by atoms with Gasteiger partial charge in [0.05, 0.1) is 10.6 Å². The summed E-state index contributed by atoms with van der Waals surface area (Å²) in [6.07, 6.45) is 1.14. The van der Waals surface area contributed by atoms with Crippen molar-refractivity contribution in [3.8, 4) is 10.6 Å². The molecule has 2 rings (SSSR count). The molecule has 0 radical (unpaired) electrons. The molecule has 0 saturated heterocycles. The summed E-state index contributed by atoms with van der Waals surface area (Å²) in [4.78, 5) is 17.0. The van der Waals surface area contributed by atoms with Crippen LogP contribution in [0.4, 0.5) is 5.13 Å². The third-order valence-electron chi connectivity index (χ3n) is 2.18. The summed E-state index contributed by atoms with van der Waals surface area (Å²) in [7, 11) is 0. The number of nitrogens with zero attached hydrogens (tertiary/aromatic N) is 1. The normalized spacial score (nSPS) is 10.0. The Hall–Kier alpha value is -0.470. The summed E-state index contributed by atoms with van der Waals surface area (Å²) in [6, 6.07) is 2.01. The highest BCUT2D eigenvalue weighted by Gasteiger charge is 2.09. The molecule has 0 aromatic carbocycles. The number of aromatic nitrogens is 1. The molecule has 104 valence electrons. The van der Waals surface area contributed by atoms with Crippen molar-refractivity contribution in [1.29, 1.82) is 0 Å². The summed E-state index contributed by atoms with van der Waals surface area (Å²) < 4.78 is 1.05. The number of nitrogens with two attached hydrogens (primary N) is 1. The molecule has 2 heterocycles. The molecular weight excluding hydrogens is 370 g/mol. The maximum absolute atomic E-state index is 11.5. The molecule has 19 heavy (non-hydrogen) atoms. The highest BCUT2D eigenvalue weighted by molar-refractivity contribution is 9.10. The van der Waals surface area contributed by atoms with Crippen LogP contribution >= 0.6 is 51.0 Å². The van der Waals surface area contributed by atoms with Gasteiger partial charge in [-0.3, -0.25) is 4.79 Å². The highest BCUT2D eigenvalue weighted by Crippen LogP contribution is 2.31. The third kappa shape index (κ3) is 4.85. The van der Waals surface area contributed by atoms with Crippen LogP contribution in [0, 0.1) is 0 Å². The Morgan fingerprint density at radius 2 is 2.21 bits per heavy atom. The summed E-state index contributed by atoms with van der Waals surface area (Å²) in [5, 5.41) is 7.36. The van der Waals surface area contributed by atoms with E-state index < -0.39 is 0 Å². The van der Waals surface area contributed by atoms with E-state index in [1.165, 1.54) is 11.3 Å². The number of thiazole rings is 1. The second-order valence-electron chi connectivity index (χ2n) is 3.61. The lowest BCUT2D eigenvalue weighted by Crippen LogP contribution is -2.13. The first kappa shape index (κ1) is 16.6. The fourth-order valence-electron chi connectivity index (χ4n) is 1.34. The lowest BCUT2D eigenvalue weighted by Gasteiger charge is -1.99. The second kappa shape index (κ2) is 7.96. The van der Waals surface area contributed by atoms with Gasteiger partial charge in [-0.1, -0.05) is 0 Å². The SMILES string of the molecule is Cl.NCCCC(=O)Nc1nc(-c2cc(Br)cs2)cs1. The van der Waals surface area contributed by atoms with Gasteiger partial charge in [0.1, 0.15) is 0 Å². The van der Waals surface area contributed by atoms with E-state index in [1.807, 2.05) is 16.8 Å². The highest BCUT2D eigenvalue weighted by atomic mass is 79.9. The van der Waals surface area contributed by atoms with Crippen molar-refractivity contribution in [1.82, 2.24) is 4.98 Å². The Labute approximate surface area is 134 Å². The molecule has 8 heteroatoms. The first-order chi connectivity index (χ1) is 8.69. The molecule has 2 aromatic heterocycles. The first-order valence-corrected chi connectivity index (χ1v) is 7.94. The van der Waals surface area contributed by atoms with Gasteiger partial charge >= 0.3 is 0 Å². The van der Waals surface area contributed by atoms with Crippen molar-refractivity contribution in [2.24, 2.45) is 5.73 Å². The van der Waals surface area contributed by atoms with E-state index in [0.717, 1.165) is 15.0 Å². The minimum atomic E-state index is -0.0336. The van der Waals surface area contributed by atoms with Crippen molar-refractivity contribution in [3.63, 3.8) is 0 Å². The fraction of sp³-hybridized carbons (Fsp3) is 0.273. The van der Waals surface area contributed by atoms with Gasteiger partial charge in [0.25, 0.3) is 0 Å². The van der Waals surface area contributed by atoms with Gasteiger partial charge in [0.2, 0.25) is 5.91 Å². The molecular formula is C11H13BrClN3OS2. The van der Waals surface area contributed by atoms with E-state index in [-0.39, 0.29) is 18.3 Å². The Morgan fingerprint density at radius 1 is 1.42 bits per heavy atom. The first-order valence-electron chi connectivity index (χ1n) is 5.39. The number of rotatable bonds is 5. The molecule has 0 aliphatic rings. The quantitative estimate of drug-likeness (QED) is 0.828. The van der Waals surface area contributed by atoms with Crippen LogP contribution in [0.15, 0.2) is 21.3 Å². The lowest BCUT2D eigenvalue weighted by molar-refractivity contribution is -0.116. The average Bonchev–Trinajstić information content (AvgIpc) is 2.95. The van der Waals surface area contributed by atoms with E-state index >= 15 is 0 Å². The van der Waals surface area contributed by atoms with Crippen LogP contribution in [0.2, 0.25) is 0 Å². The topological polar surface area (TPSA) is 68.0 Å². The third-order valence-corrected chi connectivity index (χ3v) is 4.65. The summed E-state index contributed by atoms with van der Waals surface area (Å²) >= 11 is 6.46. The smallest absolute Gasteiger partial charge is 0.226 e. The molecule has 0 bridgehead atoms. The zero-order chi connectivity index (χ0) is 13.0. The van der Waals surface area contributed by atoms with E-state index in [4.69, 9.17) is 5.73 Å². The van der Waals surface area contributed by atoms with Crippen LogP contribution in [-0.2, 0) is 4.79 Å². The Bertz CT molecular complexity index is 544. The van der Waals surface area contributed by atoms with E-state index in [2.05, 4.69) is 26.2 Å². The number of carbonyl (C=O) groups excluding carboxylic acids is 1. The molecule has 0 saturated carbocycles. The van der Waals surface area contributed by atoms with Gasteiger partial charge in [0.15, 0.2) is 5.13 Å². The van der Waals surface area contributed by atoms with Crippen molar-refractivity contribution >= 4 is 62.0 Å². The van der Waals surface area contributed by atoms with Crippen molar-refractivity contribution in [2.45, 2.75) is 12.8 Å². The van der Waals surface area contributed by atoms with Gasteiger partial charge in [0, 0.05) is 21.7 Å². The summed E-state index contributed by atoms with van der Waals surface area (Å²) in [5.74, 6) is -0.0336. The molecule has 1 amide bonds. The number of hydrogen-bond acceptors (Lipinski definition) is 5.